The predicted octanol–water partition coefficient (Wildman–Crippen LogP) is 2.87. The molecule has 2 aliphatic heterocycles. The van der Waals surface area contributed by atoms with Crippen LogP contribution in [0.15, 0.2) is 18.2 Å². The topological polar surface area (TPSA) is 41.5 Å². The average Bonchev–Trinajstić information content (AvgIpc) is 2.85. The first-order valence-electron chi connectivity index (χ1n) is 8.65. The normalized spacial score (nSPS) is 29.3. The van der Waals surface area contributed by atoms with Crippen LogP contribution in [-0.2, 0) is 6.42 Å². The first-order chi connectivity index (χ1) is 11.3. The van der Waals surface area contributed by atoms with Crippen molar-refractivity contribution in [2.75, 3.05) is 29.6 Å². The average molecular weight is 352 g/mol. The van der Waals surface area contributed by atoms with Gasteiger partial charge in [-0.1, -0.05) is 12.1 Å². The molecule has 1 saturated carbocycles. The van der Waals surface area contributed by atoms with Gasteiger partial charge in [0.2, 0.25) is 0 Å². The molecule has 3 nitrogen and oxygen atoms in total. The highest BCUT2D eigenvalue weighted by Gasteiger charge is 2.36. The first-order valence-corrected chi connectivity index (χ1v) is 11.0. The Morgan fingerprint density at radius 3 is 2.70 bits per heavy atom. The van der Waals surface area contributed by atoms with E-state index in [0.29, 0.717) is 18.0 Å². The molecule has 1 aromatic rings. The SMILES string of the molecule is OC1CC([C@@H](NC2CSCCSC2)c2ccc3c(c2)CCO3)C1. The molecule has 0 unspecified atom stereocenters. The van der Waals surface area contributed by atoms with Crippen molar-refractivity contribution < 1.29 is 9.84 Å². The van der Waals surface area contributed by atoms with Crippen LogP contribution in [0.1, 0.15) is 30.0 Å². The van der Waals surface area contributed by atoms with Gasteiger partial charge < -0.3 is 15.2 Å². The molecule has 1 atom stereocenters. The molecule has 0 amide bonds. The Balaban J connectivity index is 1.52. The van der Waals surface area contributed by atoms with E-state index in [2.05, 4.69) is 47.0 Å². The lowest BCUT2D eigenvalue weighted by Gasteiger charge is -2.40. The number of rotatable bonds is 4. The fourth-order valence-corrected chi connectivity index (χ4v) is 6.20. The van der Waals surface area contributed by atoms with Gasteiger partial charge in [0.05, 0.1) is 12.7 Å². The maximum Gasteiger partial charge on any atom is 0.122 e. The van der Waals surface area contributed by atoms with Gasteiger partial charge in [0.25, 0.3) is 0 Å². The lowest BCUT2D eigenvalue weighted by atomic mass is 9.74. The van der Waals surface area contributed by atoms with Crippen molar-refractivity contribution >= 4 is 23.5 Å². The fourth-order valence-electron chi connectivity index (χ4n) is 3.77. The van der Waals surface area contributed by atoms with Crippen LogP contribution < -0.4 is 10.1 Å². The van der Waals surface area contributed by atoms with E-state index in [1.807, 2.05) is 0 Å². The maximum absolute atomic E-state index is 9.76. The monoisotopic (exact) mass is 351 g/mol. The number of nitrogens with one attached hydrogen (secondary N) is 1. The smallest absolute Gasteiger partial charge is 0.122 e. The summed E-state index contributed by atoms with van der Waals surface area (Å²) in [6.07, 6.45) is 2.79. The minimum Gasteiger partial charge on any atom is -0.493 e. The minimum atomic E-state index is -0.0973. The molecule has 126 valence electrons. The van der Waals surface area contributed by atoms with Crippen LogP contribution in [0.2, 0.25) is 0 Å². The van der Waals surface area contributed by atoms with Crippen molar-refractivity contribution in [3.05, 3.63) is 29.3 Å². The van der Waals surface area contributed by atoms with Crippen molar-refractivity contribution in [1.29, 1.82) is 0 Å². The Bertz CT molecular complexity index is 540. The van der Waals surface area contributed by atoms with E-state index in [4.69, 9.17) is 4.74 Å². The second-order valence-corrected chi connectivity index (χ2v) is 9.14. The standard InChI is InChI=1S/C18H25NO2S2/c20-16-8-14(9-16)18(19-15-10-22-5-6-23-11-15)13-1-2-17-12(7-13)3-4-21-17/h1-2,7,14-16,18-20H,3-6,8-11H2/t14?,16?,18-/m0/s1. The summed E-state index contributed by atoms with van der Waals surface area (Å²) in [6, 6.07) is 7.64. The minimum absolute atomic E-state index is 0.0973. The van der Waals surface area contributed by atoms with Crippen LogP contribution in [0.3, 0.4) is 0 Å². The number of thioether (sulfide) groups is 2. The van der Waals surface area contributed by atoms with E-state index in [1.165, 1.54) is 34.1 Å². The summed E-state index contributed by atoms with van der Waals surface area (Å²) in [5.74, 6) is 6.56. The number of fused-ring (bicyclic) bond motifs is 1. The Morgan fingerprint density at radius 2 is 1.96 bits per heavy atom. The van der Waals surface area contributed by atoms with Crippen LogP contribution in [-0.4, -0.2) is 46.9 Å². The highest BCUT2D eigenvalue weighted by atomic mass is 32.2. The molecule has 0 radical (unpaired) electrons. The summed E-state index contributed by atoms with van der Waals surface area (Å²) in [7, 11) is 0. The lowest BCUT2D eigenvalue weighted by molar-refractivity contribution is 0.0228. The third kappa shape index (κ3) is 3.68. The number of aliphatic hydroxyl groups excluding tert-OH is 1. The number of benzene rings is 1. The lowest BCUT2D eigenvalue weighted by Crippen LogP contribution is -2.44. The Hall–Kier alpha value is -0.360. The van der Waals surface area contributed by atoms with E-state index in [9.17, 15) is 5.11 Å². The van der Waals surface area contributed by atoms with Gasteiger partial charge in [-0.3, -0.25) is 0 Å². The molecular formula is C18H25NO2S2. The largest absolute Gasteiger partial charge is 0.493 e. The van der Waals surface area contributed by atoms with Crippen LogP contribution in [0.5, 0.6) is 5.75 Å². The number of hydrogen-bond acceptors (Lipinski definition) is 5. The molecule has 4 rings (SSSR count). The van der Waals surface area contributed by atoms with E-state index < -0.39 is 0 Å². The third-order valence-corrected chi connectivity index (χ3v) is 7.64. The molecule has 0 bridgehead atoms. The van der Waals surface area contributed by atoms with Crippen molar-refractivity contribution in [2.45, 2.75) is 37.5 Å². The number of hydrogen-bond donors (Lipinski definition) is 2. The second kappa shape index (κ2) is 7.26. The molecule has 1 aliphatic carbocycles. The van der Waals surface area contributed by atoms with E-state index in [1.54, 1.807) is 0 Å². The predicted molar refractivity (Wildman–Crippen MR) is 98.7 cm³/mol. The van der Waals surface area contributed by atoms with Crippen LogP contribution in [0.25, 0.3) is 0 Å². The molecule has 2 fully saturated rings. The van der Waals surface area contributed by atoms with Gasteiger partial charge in [-0.15, -0.1) is 0 Å². The van der Waals surface area contributed by atoms with Crippen molar-refractivity contribution in [1.82, 2.24) is 5.32 Å². The molecule has 1 saturated heterocycles. The summed E-state index contributed by atoms with van der Waals surface area (Å²) in [5, 5.41) is 13.7. The summed E-state index contributed by atoms with van der Waals surface area (Å²) < 4.78 is 5.65. The van der Waals surface area contributed by atoms with E-state index >= 15 is 0 Å². The van der Waals surface area contributed by atoms with Gasteiger partial charge in [-0.2, -0.15) is 23.5 Å². The van der Waals surface area contributed by atoms with Crippen LogP contribution >= 0.6 is 23.5 Å². The molecule has 5 heteroatoms. The molecule has 3 aliphatic rings. The Labute approximate surface area is 146 Å². The Kier molecular flexibility index (Phi) is 5.09. The highest BCUT2D eigenvalue weighted by molar-refractivity contribution is 8.03. The third-order valence-electron chi connectivity index (χ3n) is 5.12. The molecule has 0 spiro atoms. The van der Waals surface area contributed by atoms with Crippen LogP contribution in [0.4, 0.5) is 0 Å². The van der Waals surface area contributed by atoms with E-state index in [-0.39, 0.29) is 6.10 Å². The second-order valence-electron chi connectivity index (χ2n) is 6.84. The molecule has 2 N–H and O–H groups in total. The molecule has 1 aromatic carbocycles. The summed E-state index contributed by atoms with van der Waals surface area (Å²) in [6.45, 7) is 0.814. The van der Waals surface area contributed by atoms with Gasteiger partial charge in [0.15, 0.2) is 0 Å². The molecule has 23 heavy (non-hydrogen) atoms. The maximum atomic E-state index is 9.76. The first kappa shape index (κ1) is 16.1. The van der Waals surface area contributed by atoms with Crippen molar-refractivity contribution in [2.24, 2.45) is 5.92 Å². The number of ether oxygens (including phenoxy) is 1. The summed E-state index contributed by atoms with van der Waals surface area (Å²) in [4.78, 5) is 0. The summed E-state index contributed by atoms with van der Waals surface area (Å²) >= 11 is 4.13. The highest BCUT2D eigenvalue weighted by Crippen LogP contribution is 2.40. The van der Waals surface area contributed by atoms with Crippen LogP contribution in [0, 0.1) is 5.92 Å². The van der Waals surface area contributed by atoms with Crippen molar-refractivity contribution in [3.63, 3.8) is 0 Å². The van der Waals surface area contributed by atoms with Crippen molar-refractivity contribution in [3.8, 4) is 5.75 Å². The molecular weight excluding hydrogens is 326 g/mol. The van der Waals surface area contributed by atoms with Gasteiger partial charge in [-0.05, 0) is 36.0 Å². The zero-order valence-corrected chi connectivity index (χ0v) is 15.0. The quantitative estimate of drug-likeness (QED) is 0.873. The fraction of sp³-hybridized carbons (Fsp3) is 0.667. The Morgan fingerprint density at radius 1 is 1.17 bits per heavy atom. The van der Waals surface area contributed by atoms with Gasteiger partial charge in [0, 0.05) is 41.5 Å². The van der Waals surface area contributed by atoms with E-state index in [0.717, 1.165) is 31.6 Å². The zero-order valence-electron chi connectivity index (χ0n) is 13.4. The number of aliphatic hydroxyl groups is 1. The van der Waals surface area contributed by atoms with Gasteiger partial charge in [-0.25, -0.2) is 0 Å². The molecule has 2 heterocycles. The summed E-state index contributed by atoms with van der Waals surface area (Å²) in [5.41, 5.74) is 2.73. The van der Waals surface area contributed by atoms with Gasteiger partial charge in [0.1, 0.15) is 5.75 Å². The zero-order chi connectivity index (χ0) is 15.6. The molecule has 0 aromatic heterocycles. The van der Waals surface area contributed by atoms with Gasteiger partial charge >= 0.3 is 0 Å².